The summed E-state index contributed by atoms with van der Waals surface area (Å²) in [6.45, 7) is 1.87. The Morgan fingerprint density at radius 2 is 1.50 bits per heavy atom. The predicted molar refractivity (Wildman–Crippen MR) is 122 cm³/mol. The fraction of sp³-hybridized carbons (Fsp3) is 0.400. The molecule has 0 spiro atoms. The Morgan fingerprint density at radius 3 is 1.88 bits per heavy atom. The highest BCUT2D eigenvalue weighted by molar-refractivity contribution is 14.1. The molecule has 0 aliphatic carbocycles. The summed E-state index contributed by atoms with van der Waals surface area (Å²) in [6, 6.07) is 0. The topological polar surface area (TPSA) is 118 Å². The molecular formula is C15H17I3N2O6. The molecule has 0 aliphatic heterocycles. The zero-order valence-electron chi connectivity index (χ0n) is 14.1. The molecule has 3 N–H and O–H groups in total. The number of amides is 2. The number of hydrogen-bond acceptors (Lipinski definition) is 5. The molecule has 1 rings (SSSR count). The highest BCUT2D eigenvalue weighted by Gasteiger charge is 2.31. The van der Waals surface area contributed by atoms with E-state index in [1.54, 1.807) is 0 Å². The third-order valence-corrected chi connectivity index (χ3v) is 6.67. The van der Waals surface area contributed by atoms with Crippen molar-refractivity contribution in [3.05, 3.63) is 16.3 Å². The van der Waals surface area contributed by atoms with E-state index in [4.69, 9.17) is 5.11 Å². The van der Waals surface area contributed by atoms with Crippen LogP contribution in [0.25, 0.3) is 0 Å². The maximum Gasteiger partial charge on any atom is 0.338 e. The fourth-order valence-electron chi connectivity index (χ4n) is 2.16. The summed E-state index contributed by atoms with van der Waals surface area (Å²) in [6.07, 6.45) is -1.19. The lowest BCUT2D eigenvalue weighted by Gasteiger charge is -2.30. The molecule has 0 bridgehead atoms. The van der Waals surface area contributed by atoms with Crippen LogP contribution >= 0.6 is 67.8 Å². The molecule has 2 amide bonds. The molecular weight excluding hydrogens is 685 g/mol. The van der Waals surface area contributed by atoms with E-state index < -0.39 is 24.6 Å². The Morgan fingerprint density at radius 1 is 1.00 bits per heavy atom. The number of carbonyl (C=O) groups is 3. The number of carboxylic acids is 1. The minimum absolute atomic E-state index is 0.0329. The number of aliphatic hydroxyl groups excluding tert-OH is 2. The third-order valence-electron chi connectivity index (χ3n) is 3.55. The number of anilines is 2. The highest BCUT2D eigenvalue weighted by atomic mass is 127. The van der Waals surface area contributed by atoms with Gasteiger partial charge in [-0.15, -0.1) is 0 Å². The van der Waals surface area contributed by atoms with Gasteiger partial charge in [0.1, 0.15) is 0 Å². The summed E-state index contributed by atoms with van der Waals surface area (Å²) >= 11 is 5.66. The first-order chi connectivity index (χ1) is 11.9. The first-order valence-electron chi connectivity index (χ1n) is 7.20. The molecule has 1 aromatic rings. The van der Waals surface area contributed by atoms with Crippen LogP contribution in [0.5, 0.6) is 0 Å². The molecule has 0 aromatic heterocycles. The summed E-state index contributed by atoms with van der Waals surface area (Å²) in [5.74, 6) is -1.92. The van der Waals surface area contributed by atoms with Gasteiger partial charge in [-0.3, -0.25) is 9.59 Å². The van der Waals surface area contributed by atoms with Crippen molar-refractivity contribution < 1.29 is 29.7 Å². The van der Waals surface area contributed by atoms with Gasteiger partial charge in [0.15, 0.2) is 0 Å². The predicted octanol–water partition coefficient (Wildman–Crippen LogP) is 1.89. The van der Waals surface area contributed by atoms with E-state index in [1.807, 2.05) is 67.8 Å². The van der Waals surface area contributed by atoms with E-state index in [9.17, 15) is 24.6 Å². The molecule has 1 atom stereocenters. The molecule has 0 radical (unpaired) electrons. The van der Waals surface area contributed by atoms with E-state index >= 15 is 0 Å². The van der Waals surface area contributed by atoms with Crippen LogP contribution in [0, 0.1) is 10.7 Å². The lowest BCUT2D eigenvalue weighted by atomic mass is 10.1. The Kier molecular flexibility index (Phi) is 8.95. The maximum atomic E-state index is 12.2. The molecule has 0 saturated heterocycles. The normalized spacial score (nSPS) is 11.8. The zero-order chi connectivity index (χ0) is 20.3. The SMILES string of the molecule is CC(=O)N(C)c1c(I)c(C(=O)O)c(I)c(N(CC(O)CO)C(C)=O)c1I. The van der Waals surface area contributed by atoms with Crippen molar-refractivity contribution in [3.63, 3.8) is 0 Å². The van der Waals surface area contributed by atoms with Crippen LogP contribution in [-0.4, -0.2) is 59.4 Å². The van der Waals surface area contributed by atoms with E-state index in [-0.39, 0.29) is 23.7 Å². The van der Waals surface area contributed by atoms with Crippen molar-refractivity contribution in [1.82, 2.24) is 0 Å². The highest BCUT2D eigenvalue weighted by Crippen LogP contribution is 2.42. The first-order valence-corrected chi connectivity index (χ1v) is 10.4. The average molecular weight is 702 g/mol. The van der Waals surface area contributed by atoms with E-state index in [0.29, 0.717) is 16.4 Å². The van der Waals surface area contributed by atoms with Gasteiger partial charge >= 0.3 is 5.97 Å². The van der Waals surface area contributed by atoms with Gasteiger partial charge < -0.3 is 25.1 Å². The fourth-order valence-corrected chi connectivity index (χ4v) is 7.09. The van der Waals surface area contributed by atoms with Crippen molar-refractivity contribution in [3.8, 4) is 0 Å². The number of rotatable bonds is 6. The zero-order valence-corrected chi connectivity index (χ0v) is 20.6. The van der Waals surface area contributed by atoms with E-state index in [2.05, 4.69) is 0 Å². The number of aliphatic hydroxyl groups is 2. The molecule has 11 heteroatoms. The number of carboxylic acid groups (broad SMARTS) is 1. The number of hydrogen-bond donors (Lipinski definition) is 3. The van der Waals surface area contributed by atoms with Gasteiger partial charge in [0, 0.05) is 20.9 Å². The van der Waals surface area contributed by atoms with Crippen molar-refractivity contribution in [2.75, 3.05) is 30.0 Å². The second-order valence-corrected chi connectivity index (χ2v) is 8.60. The van der Waals surface area contributed by atoms with Crippen LogP contribution in [0.3, 0.4) is 0 Å². The molecule has 144 valence electrons. The number of carbonyl (C=O) groups excluding carboxylic acids is 2. The Balaban J connectivity index is 3.88. The monoisotopic (exact) mass is 702 g/mol. The standard InChI is InChI=1S/C15H17I3N2O6/c1-6(22)19(3)13-10(16)9(15(25)26)11(17)14(12(13)18)20(7(2)23)4-8(24)5-21/h8,21,24H,4-5H2,1-3H3,(H,25,26). The minimum atomic E-state index is -1.19. The van der Waals surface area contributed by atoms with Gasteiger partial charge in [-0.1, -0.05) is 0 Å². The van der Waals surface area contributed by atoms with Crippen LogP contribution in [0.4, 0.5) is 11.4 Å². The summed E-state index contributed by atoms with van der Waals surface area (Å²) in [5.41, 5.74) is 0.623. The Labute approximate surface area is 191 Å². The molecule has 0 fully saturated rings. The van der Waals surface area contributed by atoms with Crippen LogP contribution in [-0.2, 0) is 9.59 Å². The van der Waals surface area contributed by atoms with Gasteiger partial charge in [0.2, 0.25) is 11.8 Å². The van der Waals surface area contributed by atoms with Crippen LogP contribution in [0.1, 0.15) is 24.2 Å². The molecule has 26 heavy (non-hydrogen) atoms. The molecule has 0 saturated carbocycles. The third kappa shape index (κ3) is 4.96. The van der Waals surface area contributed by atoms with Crippen LogP contribution in [0.15, 0.2) is 0 Å². The summed E-state index contributed by atoms with van der Waals surface area (Å²) in [5, 5.41) is 28.5. The van der Waals surface area contributed by atoms with Crippen LogP contribution in [0.2, 0.25) is 0 Å². The van der Waals surface area contributed by atoms with Gasteiger partial charge in [0.25, 0.3) is 0 Å². The van der Waals surface area contributed by atoms with Crippen molar-refractivity contribution in [1.29, 1.82) is 0 Å². The van der Waals surface area contributed by atoms with E-state index in [1.165, 1.54) is 30.7 Å². The number of halogens is 3. The molecule has 0 aliphatic rings. The van der Waals surface area contributed by atoms with Crippen molar-refractivity contribution >= 4 is 96.9 Å². The number of benzene rings is 1. The quantitative estimate of drug-likeness (QED) is 0.391. The molecule has 8 nitrogen and oxygen atoms in total. The van der Waals surface area contributed by atoms with Gasteiger partial charge in [0.05, 0.1) is 46.9 Å². The van der Waals surface area contributed by atoms with Crippen molar-refractivity contribution in [2.45, 2.75) is 20.0 Å². The molecule has 1 unspecified atom stereocenters. The smallest absolute Gasteiger partial charge is 0.338 e. The second-order valence-electron chi connectivity index (χ2n) is 5.36. The van der Waals surface area contributed by atoms with Gasteiger partial charge in [-0.2, -0.15) is 0 Å². The summed E-state index contributed by atoms with van der Waals surface area (Å²) in [4.78, 5) is 38.4. The first kappa shape index (κ1) is 23.8. The Hall–Kier alpha value is -0.260. The second kappa shape index (κ2) is 9.79. The Bertz CT molecular complexity index is 756. The lowest BCUT2D eigenvalue weighted by Crippen LogP contribution is -2.39. The van der Waals surface area contributed by atoms with E-state index in [0.717, 1.165) is 0 Å². The number of aromatic carboxylic acids is 1. The van der Waals surface area contributed by atoms with Crippen molar-refractivity contribution in [2.24, 2.45) is 0 Å². The number of nitrogens with zero attached hydrogens (tertiary/aromatic N) is 2. The van der Waals surface area contributed by atoms with Gasteiger partial charge in [-0.25, -0.2) is 4.79 Å². The van der Waals surface area contributed by atoms with Crippen LogP contribution < -0.4 is 9.80 Å². The summed E-state index contributed by atoms with van der Waals surface area (Å²) < 4.78 is 1.18. The molecule has 1 aromatic carbocycles. The maximum absolute atomic E-state index is 12.2. The largest absolute Gasteiger partial charge is 0.478 e. The van der Waals surface area contributed by atoms with Gasteiger partial charge in [-0.05, 0) is 67.8 Å². The summed E-state index contributed by atoms with van der Waals surface area (Å²) in [7, 11) is 1.52. The molecule has 0 heterocycles. The average Bonchev–Trinajstić information content (AvgIpc) is 2.52. The lowest BCUT2D eigenvalue weighted by molar-refractivity contribution is -0.117. The minimum Gasteiger partial charge on any atom is -0.478 e.